The van der Waals surface area contributed by atoms with E-state index in [0.717, 1.165) is 22.3 Å². The van der Waals surface area contributed by atoms with Gasteiger partial charge in [0.05, 0.1) is 33.2 Å². The van der Waals surface area contributed by atoms with E-state index in [9.17, 15) is 20.2 Å². The van der Waals surface area contributed by atoms with Gasteiger partial charge in [-0.15, -0.1) is 0 Å². The Morgan fingerprint density at radius 1 is 1.09 bits per heavy atom. The second kappa shape index (κ2) is 11.4. The van der Waals surface area contributed by atoms with Crippen LogP contribution >= 0.6 is 23.2 Å². The standard InChI is InChI=1S/C33H30Cl2N4O4/c1-18-11-19(2)24(12-20(18)17-43-23-8-5-21(34)6-9-23)30-25(16-36)32(37)38(27-13-22(39(41)42)7-10-26(27)35)28-14-33(3,4)15-29(40)31(28)30/h5-13,30H,14-15,17,37H2,1-4H3. The van der Waals surface area contributed by atoms with Gasteiger partial charge in [-0.1, -0.05) is 49.2 Å². The average Bonchev–Trinajstić information content (AvgIpc) is 2.93. The maximum atomic E-state index is 14.0. The Morgan fingerprint density at radius 2 is 1.79 bits per heavy atom. The van der Waals surface area contributed by atoms with Gasteiger partial charge in [-0.3, -0.25) is 19.8 Å². The van der Waals surface area contributed by atoms with E-state index >= 15 is 0 Å². The maximum Gasteiger partial charge on any atom is 0.271 e. The zero-order valence-electron chi connectivity index (χ0n) is 24.2. The van der Waals surface area contributed by atoms with E-state index in [-0.39, 0.29) is 46.6 Å². The van der Waals surface area contributed by atoms with Gasteiger partial charge in [0.1, 0.15) is 18.2 Å². The summed E-state index contributed by atoms with van der Waals surface area (Å²) in [6.07, 6.45) is 0.718. The Bertz CT molecular complexity index is 1770. The number of carbonyl (C=O) groups excluding carboxylic acids is 1. The van der Waals surface area contributed by atoms with E-state index in [0.29, 0.717) is 28.5 Å². The number of hydrogen-bond donors (Lipinski definition) is 1. The molecule has 2 N–H and O–H groups in total. The molecule has 8 nitrogen and oxygen atoms in total. The van der Waals surface area contributed by atoms with Crippen molar-refractivity contribution in [1.29, 1.82) is 5.26 Å². The minimum atomic E-state index is -0.729. The van der Waals surface area contributed by atoms with Gasteiger partial charge in [-0.2, -0.15) is 5.26 Å². The van der Waals surface area contributed by atoms with Crippen molar-refractivity contribution in [2.45, 2.75) is 53.1 Å². The molecule has 3 aromatic rings. The van der Waals surface area contributed by atoms with Crippen LogP contribution in [0.2, 0.25) is 10.0 Å². The van der Waals surface area contributed by atoms with E-state index in [1.807, 2.05) is 39.8 Å². The van der Waals surface area contributed by atoms with E-state index in [2.05, 4.69) is 6.07 Å². The lowest BCUT2D eigenvalue weighted by Crippen LogP contribution is -2.42. The summed E-state index contributed by atoms with van der Waals surface area (Å²) in [5.41, 5.74) is 11.2. The normalized spacial score (nSPS) is 17.9. The summed E-state index contributed by atoms with van der Waals surface area (Å²) >= 11 is 12.6. The molecule has 1 aliphatic carbocycles. The summed E-state index contributed by atoms with van der Waals surface area (Å²) in [7, 11) is 0. The van der Waals surface area contributed by atoms with Crippen molar-refractivity contribution in [2.24, 2.45) is 11.1 Å². The van der Waals surface area contributed by atoms with Gasteiger partial charge in [0.15, 0.2) is 5.78 Å². The molecule has 0 spiro atoms. The van der Waals surface area contributed by atoms with Crippen LogP contribution in [0.15, 0.2) is 77.3 Å². The quantitative estimate of drug-likeness (QED) is 0.219. The van der Waals surface area contributed by atoms with Crippen molar-refractivity contribution in [3.63, 3.8) is 0 Å². The molecular weight excluding hydrogens is 587 g/mol. The van der Waals surface area contributed by atoms with Crippen molar-refractivity contribution < 1.29 is 14.5 Å². The molecule has 1 atom stereocenters. The SMILES string of the molecule is Cc1cc(C)c(C2C(C#N)=C(N)N(c3cc([N+](=O)[O-])ccc3Cl)C3=C2C(=O)CC(C)(C)C3)cc1COc1ccc(Cl)cc1. The number of anilines is 1. The van der Waals surface area contributed by atoms with Crippen molar-refractivity contribution in [1.82, 2.24) is 0 Å². The molecule has 0 saturated heterocycles. The molecule has 5 rings (SSSR count). The monoisotopic (exact) mass is 616 g/mol. The maximum absolute atomic E-state index is 14.0. The van der Waals surface area contributed by atoms with Gasteiger partial charge in [0, 0.05) is 34.8 Å². The highest BCUT2D eigenvalue weighted by Crippen LogP contribution is 2.52. The molecule has 0 aromatic heterocycles. The van der Waals surface area contributed by atoms with Crippen molar-refractivity contribution in [3.8, 4) is 11.8 Å². The van der Waals surface area contributed by atoms with Crippen LogP contribution in [0.3, 0.4) is 0 Å². The molecule has 3 aromatic carbocycles. The average molecular weight is 618 g/mol. The third kappa shape index (κ3) is 5.71. The van der Waals surface area contributed by atoms with E-state index < -0.39 is 16.3 Å². The Kier molecular flexibility index (Phi) is 7.99. The number of ether oxygens (including phenoxy) is 1. The fourth-order valence-corrected chi connectivity index (χ4v) is 6.28. The minimum absolute atomic E-state index is 0.0816. The smallest absolute Gasteiger partial charge is 0.271 e. The highest BCUT2D eigenvalue weighted by atomic mass is 35.5. The number of non-ortho nitro benzene ring substituents is 1. The van der Waals surface area contributed by atoms with Crippen LogP contribution in [0.4, 0.5) is 11.4 Å². The van der Waals surface area contributed by atoms with Crippen molar-refractivity contribution >= 4 is 40.4 Å². The van der Waals surface area contributed by atoms with Crippen LogP contribution in [-0.2, 0) is 11.4 Å². The molecule has 2 aliphatic rings. The number of halogens is 2. The molecule has 0 fully saturated rings. The second-order valence-corrected chi connectivity index (χ2v) is 12.6. The molecular formula is C33H30Cl2N4O4. The summed E-state index contributed by atoms with van der Waals surface area (Å²) in [6, 6.07) is 17.4. The number of nitriles is 1. The molecule has 10 heteroatoms. The molecule has 0 radical (unpaired) electrons. The first-order valence-electron chi connectivity index (χ1n) is 13.7. The number of nitro benzene ring substituents is 1. The number of carbonyl (C=O) groups is 1. The van der Waals surface area contributed by atoms with Crippen LogP contribution < -0.4 is 15.4 Å². The predicted molar refractivity (Wildman–Crippen MR) is 167 cm³/mol. The van der Waals surface area contributed by atoms with Gasteiger partial charge in [0.25, 0.3) is 5.69 Å². The molecule has 1 heterocycles. The number of aryl methyl sites for hydroxylation is 2. The molecule has 1 unspecified atom stereocenters. The number of ketones is 1. The third-order valence-corrected chi connectivity index (χ3v) is 8.58. The van der Waals surface area contributed by atoms with E-state index in [1.54, 1.807) is 29.2 Å². The van der Waals surface area contributed by atoms with Crippen molar-refractivity contribution in [2.75, 3.05) is 4.90 Å². The third-order valence-electron chi connectivity index (χ3n) is 8.01. The zero-order chi connectivity index (χ0) is 31.2. The first kappa shape index (κ1) is 30.1. The molecule has 0 saturated carbocycles. The van der Waals surface area contributed by atoms with Crippen LogP contribution in [0.25, 0.3) is 0 Å². The number of Topliss-reactive ketones (excluding diaryl/α,β-unsaturated/α-hetero) is 1. The summed E-state index contributed by atoms with van der Waals surface area (Å²) in [6.45, 7) is 8.16. The van der Waals surface area contributed by atoms with Crippen LogP contribution in [0.5, 0.6) is 5.75 Å². The van der Waals surface area contributed by atoms with E-state index in [1.165, 1.54) is 18.2 Å². The molecule has 0 amide bonds. The Balaban J connectivity index is 1.69. The Morgan fingerprint density at radius 3 is 2.44 bits per heavy atom. The van der Waals surface area contributed by atoms with Gasteiger partial charge in [-0.05, 0) is 78.3 Å². The first-order valence-corrected chi connectivity index (χ1v) is 14.5. The zero-order valence-corrected chi connectivity index (χ0v) is 25.7. The van der Waals surface area contributed by atoms with Gasteiger partial charge in [-0.25, -0.2) is 0 Å². The summed E-state index contributed by atoms with van der Waals surface area (Å²) in [4.78, 5) is 26.7. The second-order valence-electron chi connectivity index (χ2n) is 11.8. The highest BCUT2D eigenvalue weighted by Gasteiger charge is 2.45. The Labute approximate surface area is 260 Å². The molecule has 220 valence electrons. The number of rotatable bonds is 6. The molecule has 1 aliphatic heterocycles. The van der Waals surface area contributed by atoms with Gasteiger partial charge in [0.2, 0.25) is 0 Å². The number of nitro groups is 1. The first-order chi connectivity index (χ1) is 20.3. The summed E-state index contributed by atoms with van der Waals surface area (Å²) < 4.78 is 6.04. The van der Waals surface area contributed by atoms with Crippen molar-refractivity contribution in [3.05, 3.63) is 120 Å². The van der Waals surface area contributed by atoms with E-state index in [4.69, 9.17) is 33.7 Å². The lowest BCUT2D eigenvalue weighted by Gasteiger charge is -2.44. The number of allylic oxidation sites excluding steroid dienone is 3. The van der Waals surface area contributed by atoms with Crippen LogP contribution in [-0.4, -0.2) is 10.7 Å². The van der Waals surface area contributed by atoms with Gasteiger partial charge < -0.3 is 10.5 Å². The fraction of sp³-hybridized carbons (Fsp3) is 0.273. The number of nitrogens with zero attached hydrogens (tertiary/aromatic N) is 3. The molecule has 0 bridgehead atoms. The lowest BCUT2D eigenvalue weighted by atomic mass is 9.68. The topological polar surface area (TPSA) is 122 Å². The van der Waals surface area contributed by atoms with Gasteiger partial charge >= 0.3 is 0 Å². The predicted octanol–water partition coefficient (Wildman–Crippen LogP) is 8.04. The highest BCUT2D eigenvalue weighted by molar-refractivity contribution is 6.33. The Hall–Kier alpha value is -4.32. The minimum Gasteiger partial charge on any atom is -0.489 e. The van der Waals surface area contributed by atoms with Crippen LogP contribution in [0.1, 0.15) is 54.9 Å². The number of hydrogen-bond acceptors (Lipinski definition) is 7. The molecule has 43 heavy (non-hydrogen) atoms. The van der Waals surface area contributed by atoms with Crippen LogP contribution in [0, 0.1) is 40.7 Å². The number of benzene rings is 3. The largest absolute Gasteiger partial charge is 0.489 e. The summed E-state index contributed by atoms with van der Waals surface area (Å²) in [5, 5.41) is 23.0. The summed E-state index contributed by atoms with van der Waals surface area (Å²) in [5.74, 6) is -0.100. The number of nitrogens with two attached hydrogens (primary N) is 1. The lowest BCUT2D eigenvalue weighted by molar-refractivity contribution is -0.384. The fourth-order valence-electron chi connectivity index (χ4n) is 5.96.